The minimum Gasteiger partial charge on any atom is -0.385 e. The maximum Gasteiger partial charge on any atom is 0.186 e. The molecular formula is C20H32N2O4. The summed E-state index contributed by atoms with van der Waals surface area (Å²) < 4.78 is 17.5. The molecule has 1 N–H and O–H groups in total. The van der Waals surface area contributed by atoms with E-state index in [9.17, 15) is 5.11 Å². The predicted molar refractivity (Wildman–Crippen MR) is 101 cm³/mol. The highest BCUT2D eigenvalue weighted by molar-refractivity contribution is 5.46. The summed E-state index contributed by atoms with van der Waals surface area (Å²) >= 11 is 0. The number of para-hydroxylation sites is 1. The fourth-order valence-electron chi connectivity index (χ4n) is 3.71. The summed E-state index contributed by atoms with van der Waals surface area (Å²) in [6.45, 7) is 11.1. The van der Waals surface area contributed by atoms with Crippen molar-refractivity contribution in [2.24, 2.45) is 0 Å². The smallest absolute Gasteiger partial charge is 0.186 e. The van der Waals surface area contributed by atoms with Gasteiger partial charge in [-0.05, 0) is 32.9 Å². The Morgan fingerprint density at radius 3 is 2.46 bits per heavy atom. The number of ether oxygens (including phenoxy) is 3. The van der Waals surface area contributed by atoms with E-state index in [0.717, 1.165) is 32.7 Å². The quantitative estimate of drug-likeness (QED) is 0.795. The van der Waals surface area contributed by atoms with E-state index < -0.39 is 12.4 Å². The zero-order chi connectivity index (χ0) is 18.5. The summed E-state index contributed by atoms with van der Waals surface area (Å²) in [5, 5.41) is 10.5. The minimum absolute atomic E-state index is 0.00472. The van der Waals surface area contributed by atoms with Gasteiger partial charge in [0.25, 0.3) is 0 Å². The molecule has 2 saturated heterocycles. The van der Waals surface area contributed by atoms with Gasteiger partial charge >= 0.3 is 0 Å². The first kappa shape index (κ1) is 19.6. The fourth-order valence-corrected chi connectivity index (χ4v) is 3.71. The molecule has 146 valence electrons. The minimum atomic E-state index is -0.743. The number of aliphatic hydroxyl groups excluding tert-OH is 1. The summed E-state index contributed by atoms with van der Waals surface area (Å²) in [6.07, 6.45) is -1.85. The molecule has 0 aliphatic carbocycles. The summed E-state index contributed by atoms with van der Waals surface area (Å²) in [6, 6.07) is 10.5. The van der Waals surface area contributed by atoms with Crippen LogP contribution >= 0.6 is 0 Å². The molecule has 0 spiro atoms. The van der Waals surface area contributed by atoms with Crippen LogP contribution in [0.4, 0.5) is 5.69 Å². The van der Waals surface area contributed by atoms with E-state index >= 15 is 0 Å². The molecule has 4 unspecified atom stereocenters. The molecule has 2 fully saturated rings. The van der Waals surface area contributed by atoms with E-state index in [1.807, 2.05) is 26.8 Å². The number of nitrogens with zero attached hydrogens (tertiary/aromatic N) is 2. The van der Waals surface area contributed by atoms with Crippen LogP contribution in [0, 0.1) is 0 Å². The van der Waals surface area contributed by atoms with Crippen molar-refractivity contribution < 1.29 is 19.3 Å². The number of aliphatic hydroxyl groups is 1. The molecule has 0 bridgehead atoms. The van der Waals surface area contributed by atoms with Gasteiger partial charge in [0.15, 0.2) is 6.29 Å². The lowest BCUT2D eigenvalue weighted by Gasteiger charge is -2.37. The van der Waals surface area contributed by atoms with E-state index in [2.05, 4.69) is 34.1 Å². The Labute approximate surface area is 156 Å². The van der Waals surface area contributed by atoms with Gasteiger partial charge in [-0.25, -0.2) is 0 Å². The fraction of sp³-hybridized carbons (Fsp3) is 0.700. The molecule has 0 radical (unpaired) electrons. The van der Waals surface area contributed by atoms with Gasteiger partial charge in [-0.2, -0.15) is 0 Å². The van der Waals surface area contributed by atoms with Crippen molar-refractivity contribution in [2.45, 2.75) is 51.5 Å². The number of anilines is 1. The molecule has 1 aromatic rings. The van der Waals surface area contributed by atoms with Crippen LogP contribution in [-0.4, -0.2) is 80.0 Å². The largest absolute Gasteiger partial charge is 0.385 e. The third-order valence-corrected chi connectivity index (χ3v) is 4.99. The zero-order valence-electron chi connectivity index (χ0n) is 16.1. The number of rotatable bonds is 7. The summed E-state index contributed by atoms with van der Waals surface area (Å²) in [5.41, 5.74) is 1.28. The van der Waals surface area contributed by atoms with E-state index in [0.29, 0.717) is 6.61 Å². The molecular weight excluding hydrogens is 332 g/mol. The molecule has 0 amide bonds. The predicted octanol–water partition coefficient (Wildman–Crippen LogP) is 1.72. The highest BCUT2D eigenvalue weighted by atomic mass is 16.7. The third kappa shape index (κ3) is 4.75. The molecule has 2 aliphatic rings. The van der Waals surface area contributed by atoms with Crippen molar-refractivity contribution in [3.05, 3.63) is 30.3 Å². The monoisotopic (exact) mass is 364 g/mol. The van der Waals surface area contributed by atoms with E-state index in [4.69, 9.17) is 14.2 Å². The Morgan fingerprint density at radius 1 is 1.15 bits per heavy atom. The molecule has 4 atom stereocenters. The molecule has 1 aromatic carbocycles. The lowest BCUT2D eigenvalue weighted by atomic mass is 10.1. The molecule has 2 heterocycles. The second-order valence-electron chi connectivity index (χ2n) is 7.26. The second kappa shape index (κ2) is 9.15. The number of hydrogen-bond donors (Lipinski definition) is 1. The van der Waals surface area contributed by atoms with Crippen molar-refractivity contribution in [3.8, 4) is 0 Å². The van der Waals surface area contributed by atoms with Crippen molar-refractivity contribution >= 4 is 5.69 Å². The van der Waals surface area contributed by atoms with E-state index in [1.54, 1.807) is 0 Å². The van der Waals surface area contributed by atoms with Gasteiger partial charge in [-0.3, -0.25) is 4.90 Å². The lowest BCUT2D eigenvalue weighted by molar-refractivity contribution is -0.185. The van der Waals surface area contributed by atoms with Crippen molar-refractivity contribution in [3.63, 3.8) is 0 Å². The maximum absolute atomic E-state index is 10.5. The highest BCUT2D eigenvalue weighted by Crippen LogP contribution is 2.27. The Hall–Kier alpha value is -1.18. The summed E-state index contributed by atoms with van der Waals surface area (Å²) in [4.78, 5) is 4.80. The normalized spacial score (nSPS) is 30.3. The second-order valence-corrected chi connectivity index (χ2v) is 7.26. The van der Waals surface area contributed by atoms with Crippen LogP contribution < -0.4 is 4.90 Å². The van der Waals surface area contributed by atoms with Gasteiger partial charge < -0.3 is 24.2 Å². The molecule has 2 aliphatic heterocycles. The van der Waals surface area contributed by atoms with Crippen molar-refractivity contribution in [1.29, 1.82) is 0 Å². The Morgan fingerprint density at radius 2 is 1.85 bits per heavy atom. The number of benzene rings is 1. The zero-order valence-corrected chi connectivity index (χ0v) is 16.1. The number of hydrogen-bond acceptors (Lipinski definition) is 6. The topological polar surface area (TPSA) is 54.4 Å². The highest BCUT2D eigenvalue weighted by Gasteiger charge is 2.46. The molecule has 26 heavy (non-hydrogen) atoms. The van der Waals surface area contributed by atoms with Crippen LogP contribution in [-0.2, 0) is 14.2 Å². The standard InChI is InChI=1S/C20H32N2O4/c1-4-24-19-17(26-20(18(19)23)25-15(2)3)14-21-10-12-22(13-11-21)16-8-6-5-7-9-16/h5-9,15,17-20,23H,4,10-14H2,1-3H3. The summed E-state index contributed by atoms with van der Waals surface area (Å²) in [7, 11) is 0. The van der Waals surface area contributed by atoms with E-state index in [-0.39, 0.29) is 18.3 Å². The third-order valence-electron chi connectivity index (χ3n) is 4.99. The van der Waals surface area contributed by atoms with Gasteiger partial charge in [-0.15, -0.1) is 0 Å². The SMILES string of the molecule is CCOC1C(CN2CCN(c3ccccc3)CC2)OC(OC(C)C)C1O. The van der Waals surface area contributed by atoms with Crippen LogP contribution in [0.15, 0.2) is 30.3 Å². The average Bonchev–Trinajstić information content (AvgIpc) is 2.92. The Balaban J connectivity index is 1.54. The first-order chi connectivity index (χ1) is 12.6. The van der Waals surface area contributed by atoms with Gasteiger partial charge in [0.05, 0.1) is 6.10 Å². The Kier molecular flexibility index (Phi) is 6.89. The average molecular weight is 364 g/mol. The van der Waals surface area contributed by atoms with Gasteiger partial charge in [0.1, 0.15) is 18.3 Å². The first-order valence-electron chi connectivity index (χ1n) is 9.71. The van der Waals surface area contributed by atoms with Crippen LogP contribution in [0.25, 0.3) is 0 Å². The van der Waals surface area contributed by atoms with Crippen LogP contribution in [0.2, 0.25) is 0 Å². The molecule has 0 saturated carbocycles. The van der Waals surface area contributed by atoms with Crippen LogP contribution in [0.5, 0.6) is 0 Å². The lowest BCUT2D eigenvalue weighted by Crippen LogP contribution is -2.50. The molecule has 6 nitrogen and oxygen atoms in total. The van der Waals surface area contributed by atoms with Gasteiger partial charge in [0.2, 0.25) is 0 Å². The van der Waals surface area contributed by atoms with Gasteiger partial charge in [-0.1, -0.05) is 18.2 Å². The number of piperazine rings is 1. The first-order valence-corrected chi connectivity index (χ1v) is 9.71. The molecule has 0 aromatic heterocycles. The Bertz CT molecular complexity index is 534. The maximum atomic E-state index is 10.5. The van der Waals surface area contributed by atoms with Gasteiger partial charge in [0, 0.05) is 45.0 Å². The molecule has 6 heteroatoms. The van der Waals surface area contributed by atoms with Crippen molar-refractivity contribution in [1.82, 2.24) is 4.90 Å². The summed E-state index contributed by atoms with van der Waals surface area (Å²) in [5.74, 6) is 0. The van der Waals surface area contributed by atoms with Crippen molar-refractivity contribution in [2.75, 3.05) is 44.2 Å². The van der Waals surface area contributed by atoms with Crippen LogP contribution in [0.1, 0.15) is 20.8 Å². The van der Waals surface area contributed by atoms with Crippen LogP contribution in [0.3, 0.4) is 0 Å². The molecule has 3 rings (SSSR count). The van der Waals surface area contributed by atoms with E-state index in [1.165, 1.54) is 5.69 Å².